The monoisotopic (exact) mass is 391 g/mol. The number of rotatable bonds is 4. The molecule has 138 valence electrons. The number of hydrogen-bond donors (Lipinski definition) is 0. The Hall–Kier alpha value is -2.88. The summed E-state index contributed by atoms with van der Waals surface area (Å²) in [6.07, 6.45) is -3.12. The van der Waals surface area contributed by atoms with Crippen LogP contribution in [-0.4, -0.2) is 24.7 Å². The van der Waals surface area contributed by atoms with Gasteiger partial charge in [0.15, 0.2) is 16.7 Å². The lowest BCUT2D eigenvalue weighted by atomic mass is 10.2. The van der Waals surface area contributed by atoms with Crippen LogP contribution in [0.1, 0.15) is 12.7 Å². The number of alkyl halides is 3. The highest BCUT2D eigenvalue weighted by Crippen LogP contribution is 2.35. The van der Waals surface area contributed by atoms with Gasteiger partial charge in [0.05, 0.1) is 11.8 Å². The molecule has 10 heteroatoms. The fourth-order valence-corrected chi connectivity index (χ4v) is 3.57. The fourth-order valence-electron chi connectivity index (χ4n) is 2.58. The minimum absolute atomic E-state index is 0.168. The van der Waals surface area contributed by atoms with Crippen LogP contribution in [0.4, 0.5) is 13.2 Å². The molecule has 3 heterocycles. The number of hydrogen-bond acceptors (Lipinski definition) is 6. The van der Waals surface area contributed by atoms with E-state index in [4.69, 9.17) is 4.42 Å². The van der Waals surface area contributed by atoms with Gasteiger partial charge < -0.3 is 4.42 Å². The van der Waals surface area contributed by atoms with Crippen molar-refractivity contribution in [2.45, 2.75) is 29.8 Å². The molecule has 4 aromatic rings. The summed E-state index contributed by atoms with van der Waals surface area (Å²) < 4.78 is 46.7. The first-order chi connectivity index (χ1) is 13.0. The van der Waals surface area contributed by atoms with Crippen LogP contribution in [0.5, 0.6) is 0 Å². The molecular weight excluding hydrogens is 379 g/mol. The van der Waals surface area contributed by atoms with Crippen molar-refractivity contribution in [2.24, 2.45) is 0 Å². The number of furan rings is 1. The van der Waals surface area contributed by atoms with Crippen LogP contribution < -0.4 is 0 Å². The van der Waals surface area contributed by atoms with Gasteiger partial charge in [-0.25, -0.2) is 9.97 Å². The maximum Gasteiger partial charge on any atom is 0.451 e. The Kier molecular flexibility index (Phi) is 4.34. The summed E-state index contributed by atoms with van der Waals surface area (Å²) in [5, 5.41) is 9.32. The van der Waals surface area contributed by atoms with Crippen molar-refractivity contribution in [3.8, 4) is 11.6 Å². The van der Waals surface area contributed by atoms with E-state index in [9.17, 15) is 13.2 Å². The third-order valence-electron chi connectivity index (χ3n) is 3.78. The second-order valence-corrected chi connectivity index (χ2v) is 6.45. The molecule has 4 rings (SSSR count). The van der Waals surface area contributed by atoms with Crippen molar-refractivity contribution in [3.05, 3.63) is 48.5 Å². The lowest BCUT2D eigenvalue weighted by molar-refractivity contribution is -0.145. The Morgan fingerprint density at radius 1 is 1.07 bits per heavy atom. The molecule has 0 unspecified atom stereocenters. The smallest absolute Gasteiger partial charge is 0.451 e. The first kappa shape index (κ1) is 17.5. The van der Waals surface area contributed by atoms with E-state index < -0.39 is 12.0 Å². The number of aromatic nitrogens is 5. The van der Waals surface area contributed by atoms with Crippen LogP contribution >= 0.6 is 11.8 Å². The van der Waals surface area contributed by atoms with Gasteiger partial charge >= 0.3 is 6.18 Å². The Balaban J connectivity index is 1.82. The zero-order valence-corrected chi connectivity index (χ0v) is 14.8. The van der Waals surface area contributed by atoms with Crippen molar-refractivity contribution >= 4 is 22.7 Å². The molecular formula is C17H12F3N5OS. The van der Waals surface area contributed by atoms with E-state index >= 15 is 0 Å². The molecule has 0 bridgehead atoms. The molecule has 0 spiro atoms. The van der Waals surface area contributed by atoms with Gasteiger partial charge in [0.2, 0.25) is 5.82 Å². The minimum Gasteiger partial charge on any atom is -0.461 e. The summed E-state index contributed by atoms with van der Waals surface area (Å²) in [4.78, 5) is 7.37. The molecule has 0 saturated carbocycles. The zero-order valence-electron chi connectivity index (χ0n) is 13.9. The molecule has 0 aliphatic heterocycles. The van der Waals surface area contributed by atoms with Crippen molar-refractivity contribution in [2.75, 3.05) is 0 Å². The van der Waals surface area contributed by atoms with Gasteiger partial charge in [-0.15, -0.1) is 10.2 Å². The van der Waals surface area contributed by atoms with Gasteiger partial charge in [0.25, 0.3) is 0 Å². The Bertz CT molecular complexity index is 1090. The van der Waals surface area contributed by atoms with E-state index in [-0.39, 0.29) is 10.5 Å². The van der Waals surface area contributed by atoms with Crippen LogP contribution in [0.15, 0.2) is 57.3 Å². The third kappa shape index (κ3) is 3.27. The average molecular weight is 391 g/mol. The van der Waals surface area contributed by atoms with E-state index in [0.29, 0.717) is 28.7 Å². The maximum absolute atomic E-state index is 13.2. The second-order valence-electron chi connectivity index (χ2n) is 5.50. The van der Waals surface area contributed by atoms with Gasteiger partial charge in [-0.1, -0.05) is 18.2 Å². The topological polar surface area (TPSA) is 69.6 Å². The lowest BCUT2D eigenvalue weighted by Gasteiger charge is -2.10. The number of benzene rings is 1. The normalized spacial score (nSPS) is 12.0. The van der Waals surface area contributed by atoms with E-state index in [1.807, 2.05) is 6.92 Å². The molecule has 1 aromatic carbocycles. The molecule has 6 nitrogen and oxygen atoms in total. The maximum atomic E-state index is 13.2. The summed E-state index contributed by atoms with van der Waals surface area (Å²) in [7, 11) is 0. The molecule has 3 aromatic heterocycles. The Morgan fingerprint density at radius 2 is 1.89 bits per heavy atom. The molecule has 0 N–H and O–H groups in total. The van der Waals surface area contributed by atoms with Crippen LogP contribution in [0.3, 0.4) is 0 Å². The highest BCUT2D eigenvalue weighted by Gasteiger charge is 2.35. The van der Waals surface area contributed by atoms with Gasteiger partial charge in [0.1, 0.15) is 5.03 Å². The predicted octanol–water partition coefficient (Wildman–Crippen LogP) is 4.67. The van der Waals surface area contributed by atoms with E-state index in [2.05, 4.69) is 20.2 Å². The molecule has 0 aliphatic carbocycles. The second kappa shape index (κ2) is 6.69. The fraction of sp³-hybridized carbons (Fsp3) is 0.176. The first-order valence-electron chi connectivity index (χ1n) is 7.96. The van der Waals surface area contributed by atoms with Gasteiger partial charge in [0, 0.05) is 11.9 Å². The molecule has 0 atom stereocenters. The van der Waals surface area contributed by atoms with Gasteiger partial charge in [-0.05, 0) is 36.9 Å². The summed E-state index contributed by atoms with van der Waals surface area (Å²) >= 11 is 1.01. The summed E-state index contributed by atoms with van der Waals surface area (Å²) in [5.41, 5.74) is 0.219. The first-order valence-corrected chi connectivity index (χ1v) is 8.78. The number of nitrogens with zero attached hydrogens (tertiary/aromatic N) is 5. The zero-order chi connectivity index (χ0) is 19.0. The van der Waals surface area contributed by atoms with E-state index in [1.54, 1.807) is 34.9 Å². The Labute approximate surface area is 155 Å². The van der Waals surface area contributed by atoms with Crippen LogP contribution in [-0.2, 0) is 12.7 Å². The average Bonchev–Trinajstić information content (AvgIpc) is 3.30. The molecule has 0 radical (unpaired) electrons. The Morgan fingerprint density at radius 3 is 2.59 bits per heavy atom. The van der Waals surface area contributed by atoms with Crippen molar-refractivity contribution < 1.29 is 17.6 Å². The summed E-state index contributed by atoms with van der Waals surface area (Å²) in [6, 6.07) is 10.0. The highest BCUT2D eigenvalue weighted by molar-refractivity contribution is 7.99. The molecule has 0 fully saturated rings. The van der Waals surface area contributed by atoms with E-state index in [0.717, 1.165) is 11.8 Å². The minimum atomic E-state index is -4.64. The molecule has 0 saturated heterocycles. The van der Waals surface area contributed by atoms with Gasteiger partial charge in [-0.3, -0.25) is 4.57 Å². The van der Waals surface area contributed by atoms with Crippen molar-refractivity contribution in [1.29, 1.82) is 0 Å². The number of fused-ring (bicyclic) bond motifs is 1. The van der Waals surface area contributed by atoms with Crippen LogP contribution in [0.25, 0.3) is 22.5 Å². The van der Waals surface area contributed by atoms with Crippen molar-refractivity contribution in [3.63, 3.8) is 0 Å². The van der Waals surface area contributed by atoms with Gasteiger partial charge in [-0.2, -0.15) is 13.2 Å². The predicted molar refractivity (Wildman–Crippen MR) is 92.1 cm³/mol. The highest BCUT2D eigenvalue weighted by atomic mass is 32.2. The summed E-state index contributed by atoms with van der Waals surface area (Å²) in [6.45, 7) is 2.40. The molecule has 0 aliphatic rings. The largest absolute Gasteiger partial charge is 0.461 e. The van der Waals surface area contributed by atoms with Crippen LogP contribution in [0, 0.1) is 0 Å². The molecule has 0 amide bonds. The summed E-state index contributed by atoms with van der Waals surface area (Å²) in [5.74, 6) is -0.156. The van der Waals surface area contributed by atoms with E-state index in [1.165, 1.54) is 12.3 Å². The standard InChI is InChI=1S/C17H12F3N5OS/c1-2-25-13(12-8-5-9-26-12)23-24-16(25)27-14-10-6-3-4-7-11(10)21-15(22-14)17(18,19)20/h3-9H,2H2,1H3. The van der Waals surface area contributed by atoms with Crippen LogP contribution in [0.2, 0.25) is 0 Å². The lowest BCUT2D eigenvalue weighted by Crippen LogP contribution is -2.12. The SMILES string of the molecule is CCn1c(Sc2nc(C(F)(F)F)nc3ccccc23)nnc1-c1ccco1. The number of halogens is 3. The molecule has 27 heavy (non-hydrogen) atoms. The quantitative estimate of drug-likeness (QED) is 0.471. The number of para-hydroxylation sites is 1. The van der Waals surface area contributed by atoms with Crippen molar-refractivity contribution in [1.82, 2.24) is 24.7 Å². The third-order valence-corrected chi connectivity index (χ3v) is 4.77.